The third kappa shape index (κ3) is 7.27. The van der Waals surface area contributed by atoms with E-state index in [0.29, 0.717) is 24.5 Å². The van der Waals surface area contributed by atoms with Crippen LogP contribution in [0.15, 0.2) is 47.7 Å². The molecule has 1 aromatic carbocycles. The van der Waals surface area contributed by atoms with Gasteiger partial charge in [0.1, 0.15) is 12.4 Å². The van der Waals surface area contributed by atoms with Gasteiger partial charge in [0.05, 0.1) is 0 Å². The van der Waals surface area contributed by atoms with E-state index in [-0.39, 0.29) is 24.0 Å². The Balaban J connectivity index is 0.00000320. The van der Waals surface area contributed by atoms with Crippen molar-refractivity contribution < 1.29 is 0 Å². The van der Waals surface area contributed by atoms with Gasteiger partial charge in [-0.25, -0.2) is 9.98 Å². The monoisotopic (exact) mass is 524 g/mol. The highest BCUT2D eigenvalue weighted by Crippen LogP contribution is 2.20. The van der Waals surface area contributed by atoms with Crippen LogP contribution >= 0.6 is 24.0 Å². The van der Waals surface area contributed by atoms with Crippen LogP contribution < -0.4 is 10.6 Å². The highest BCUT2D eigenvalue weighted by atomic mass is 127. The van der Waals surface area contributed by atoms with E-state index in [1.807, 2.05) is 12.4 Å². The van der Waals surface area contributed by atoms with Crippen molar-refractivity contribution in [3.8, 4) is 0 Å². The number of imidazole rings is 1. The highest BCUT2D eigenvalue weighted by Gasteiger charge is 2.29. The molecule has 2 N–H and O–H groups in total. The summed E-state index contributed by atoms with van der Waals surface area (Å²) in [5.74, 6) is 2.49. The molecule has 7 heteroatoms. The summed E-state index contributed by atoms with van der Waals surface area (Å²) in [4.78, 5) is 11.9. The fraction of sp³-hybridized carbons (Fsp3) is 0.565. The maximum atomic E-state index is 4.81. The first-order valence-electron chi connectivity index (χ1n) is 10.9. The minimum absolute atomic E-state index is 0. The zero-order chi connectivity index (χ0) is 20.6. The van der Waals surface area contributed by atoms with Gasteiger partial charge in [0, 0.05) is 50.7 Å². The van der Waals surface area contributed by atoms with Gasteiger partial charge in [-0.2, -0.15) is 0 Å². The molecule has 3 rings (SSSR count). The van der Waals surface area contributed by atoms with Gasteiger partial charge in [0.2, 0.25) is 0 Å². The number of benzene rings is 1. The molecule has 1 fully saturated rings. The molecule has 30 heavy (non-hydrogen) atoms. The van der Waals surface area contributed by atoms with Crippen molar-refractivity contribution >= 4 is 29.9 Å². The predicted octanol–water partition coefficient (Wildman–Crippen LogP) is 3.88. The SMILES string of the molecule is CCNC(=NCc1nccn1CC(C)C)NC1CC(C)N(Cc2ccccc2)C1.I. The Bertz CT molecular complexity index is 773. The third-order valence-electron chi connectivity index (χ3n) is 5.36. The molecule has 0 saturated carbocycles. The van der Waals surface area contributed by atoms with E-state index in [4.69, 9.17) is 4.99 Å². The number of halogens is 1. The van der Waals surface area contributed by atoms with Crippen LogP contribution in [0.3, 0.4) is 0 Å². The number of aliphatic imine (C=N–C) groups is 1. The fourth-order valence-corrected chi connectivity index (χ4v) is 3.96. The van der Waals surface area contributed by atoms with Gasteiger partial charge in [0.25, 0.3) is 0 Å². The number of hydrogen-bond donors (Lipinski definition) is 2. The predicted molar refractivity (Wildman–Crippen MR) is 135 cm³/mol. The van der Waals surface area contributed by atoms with E-state index in [1.54, 1.807) is 0 Å². The van der Waals surface area contributed by atoms with E-state index < -0.39 is 0 Å². The molecule has 0 spiro atoms. The average Bonchev–Trinajstić information content (AvgIpc) is 3.26. The molecule has 1 aliphatic heterocycles. The first kappa shape index (κ1) is 24.7. The maximum absolute atomic E-state index is 4.81. The van der Waals surface area contributed by atoms with Crippen LogP contribution in [0.4, 0.5) is 0 Å². The normalized spacial score (nSPS) is 19.7. The smallest absolute Gasteiger partial charge is 0.191 e. The minimum Gasteiger partial charge on any atom is -0.357 e. The summed E-state index contributed by atoms with van der Waals surface area (Å²) >= 11 is 0. The molecule has 6 nitrogen and oxygen atoms in total. The molecule has 2 atom stereocenters. The minimum atomic E-state index is 0. The summed E-state index contributed by atoms with van der Waals surface area (Å²) in [6.07, 6.45) is 5.04. The Labute approximate surface area is 198 Å². The van der Waals surface area contributed by atoms with Crippen molar-refractivity contribution in [3.05, 3.63) is 54.1 Å². The van der Waals surface area contributed by atoms with Crippen molar-refractivity contribution in [2.75, 3.05) is 13.1 Å². The number of rotatable bonds is 8. The molecule has 1 saturated heterocycles. The zero-order valence-electron chi connectivity index (χ0n) is 18.7. The van der Waals surface area contributed by atoms with Gasteiger partial charge in [0.15, 0.2) is 5.96 Å². The first-order chi connectivity index (χ1) is 14.0. The summed E-state index contributed by atoms with van der Waals surface area (Å²) in [6, 6.07) is 11.7. The van der Waals surface area contributed by atoms with Crippen LogP contribution in [-0.4, -0.2) is 45.6 Å². The Kier molecular flexibility index (Phi) is 10.1. The van der Waals surface area contributed by atoms with Gasteiger partial charge in [-0.1, -0.05) is 44.2 Å². The molecule has 2 aromatic rings. The molecule has 1 aliphatic rings. The van der Waals surface area contributed by atoms with E-state index in [1.165, 1.54) is 5.56 Å². The molecule has 0 radical (unpaired) electrons. The van der Waals surface area contributed by atoms with Crippen molar-refractivity contribution in [1.29, 1.82) is 0 Å². The topological polar surface area (TPSA) is 57.5 Å². The molecule has 0 bridgehead atoms. The van der Waals surface area contributed by atoms with Gasteiger partial charge < -0.3 is 15.2 Å². The Hall–Kier alpha value is -1.61. The Morgan fingerprint density at radius 2 is 2.03 bits per heavy atom. The first-order valence-corrected chi connectivity index (χ1v) is 10.9. The Morgan fingerprint density at radius 1 is 1.27 bits per heavy atom. The highest BCUT2D eigenvalue weighted by molar-refractivity contribution is 14.0. The summed E-state index contributed by atoms with van der Waals surface area (Å²) < 4.78 is 2.21. The van der Waals surface area contributed by atoms with Crippen LogP contribution in [-0.2, 0) is 19.6 Å². The summed E-state index contributed by atoms with van der Waals surface area (Å²) in [5.41, 5.74) is 1.37. The van der Waals surface area contributed by atoms with E-state index in [2.05, 4.69) is 83.1 Å². The lowest BCUT2D eigenvalue weighted by molar-refractivity contribution is 0.258. The molecular formula is C23H37IN6. The standard InChI is InChI=1S/C23H36N6.HI/c1-5-24-23(26-14-22-25-11-12-28(22)15-18(2)3)27-21-13-19(4)29(17-21)16-20-9-7-6-8-10-20;/h6-12,18-19,21H,5,13-17H2,1-4H3,(H2,24,26,27);1H. The summed E-state index contributed by atoms with van der Waals surface area (Å²) in [7, 11) is 0. The van der Waals surface area contributed by atoms with Gasteiger partial charge in [-0.05, 0) is 31.7 Å². The Morgan fingerprint density at radius 3 is 2.73 bits per heavy atom. The van der Waals surface area contributed by atoms with Crippen molar-refractivity contribution in [3.63, 3.8) is 0 Å². The third-order valence-corrected chi connectivity index (χ3v) is 5.36. The zero-order valence-corrected chi connectivity index (χ0v) is 21.0. The quantitative estimate of drug-likeness (QED) is 0.313. The number of aromatic nitrogens is 2. The van der Waals surface area contributed by atoms with Crippen LogP contribution in [0.25, 0.3) is 0 Å². The summed E-state index contributed by atoms with van der Waals surface area (Å²) in [5, 5.41) is 7.04. The largest absolute Gasteiger partial charge is 0.357 e. The fourth-order valence-electron chi connectivity index (χ4n) is 3.96. The number of likely N-dealkylation sites (tertiary alicyclic amines) is 1. The van der Waals surface area contributed by atoms with Crippen LogP contribution in [0.2, 0.25) is 0 Å². The van der Waals surface area contributed by atoms with Crippen molar-refractivity contribution in [2.24, 2.45) is 10.9 Å². The van der Waals surface area contributed by atoms with E-state index >= 15 is 0 Å². The second-order valence-electron chi connectivity index (χ2n) is 8.43. The summed E-state index contributed by atoms with van der Waals surface area (Å²) in [6.45, 7) is 13.3. The van der Waals surface area contributed by atoms with Gasteiger partial charge >= 0.3 is 0 Å². The lowest BCUT2D eigenvalue weighted by Gasteiger charge is -2.21. The average molecular weight is 524 g/mol. The number of guanidine groups is 1. The molecule has 0 aliphatic carbocycles. The van der Waals surface area contributed by atoms with Gasteiger partial charge in [-0.3, -0.25) is 4.90 Å². The van der Waals surface area contributed by atoms with Crippen LogP contribution in [0, 0.1) is 5.92 Å². The molecule has 166 valence electrons. The number of nitrogens with zero attached hydrogens (tertiary/aromatic N) is 4. The van der Waals surface area contributed by atoms with E-state index in [0.717, 1.165) is 44.4 Å². The molecule has 2 heterocycles. The molecular weight excluding hydrogens is 487 g/mol. The van der Waals surface area contributed by atoms with Gasteiger partial charge in [-0.15, -0.1) is 24.0 Å². The second kappa shape index (κ2) is 12.3. The van der Waals surface area contributed by atoms with E-state index in [9.17, 15) is 0 Å². The maximum Gasteiger partial charge on any atom is 0.191 e. The van der Waals surface area contributed by atoms with Crippen LogP contribution in [0.5, 0.6) is 0 Å². The molecule has 2 unspecified atom stereocenters. The number of hydrogen-bond acceptors (Lipinski definition) is 3. The lowest BCUT2D eigenvalue weighted by atomic mass is 10.2. The second-order valence-corrected chi connectivity index (χ2v) is 8.43. The number of nitrogens with one attached hydrogen (secondary N) is 2. The van der Waals surface area contributed by atoms with Crippen molar-refractivity contribution in [2.45, 2.75) is 65.8 Å². The van der Waals surface area contributed by atoms with Crippen LogP contribution in [0.1, 0.15) is 45.5 Å². The molecule has 0 amide bonds. The molecule has 1 aromatic heterocycles. The van der Waals surface area contributed by atoms with Crippen molar-refractivity contribution in [1.82, 2.24) is 25.1 Å². The lowest BCUT2D eigenvalue weighted by Crippen LogP contribution is -2.44.